The molecule has 0 bridgehead atoms. The van der Waals surface area contributed by atoms with Gasteiger partial charge in [-0.15, -0.1) is 0 Å². The number of aromatic nitrogens is 3. The maximum absolute atomic E-state index is 13.9. The number of ether oxygens (including phenoxy) is 1. The van der Waals surface area contributed by atoms with Crippen LogP contribution in [0.25, 0.3) is 0 Å². The fourth-order valence-corrected chi connectivity index (χ4v) is 4.73. The molecule has 3 aromatic rings. The Labute approximate surface area is 181 Å². The van der Waals surface area contributed by atoms with Gasteiger partial charge in [0, 0.05) is 75.8 Å². The molecule has 7 heteroatoms. The van der Waals surface area contributed by atoms with Gasteiger partial charge in [-0.2, -0.15) is 0 Å². The second-order valence-electron chi connectivity index (χ2n) is 8.19. The van der Waals surface area contributed by atoms with E-state index in [2.05, 4.69) is 25.9 Å². The number of nitrogens with zero attached hydrogens (tertiary/aromatic N) is 5. The quantitative estimate of drug-likeness (QED) is 0.637. The van der Waals surface area contributed by atoms with Crippen LogP contribution in [0.4, 0.5) is 0 Å². The van der Waals surface area contributed by atoms with Crippen molar-refractivity contribution in [2.45, 2.75) is 24.6 Å². The van der Waals surface area contributed by atoms with Crippen LogP contribution in [0.5, 0.6) is 0 Å². The Hall–Kier alpha value is -3.16. The number of morpholine rings is 1. The summed E-state index contributed by atoms with van der Waals surface area (Å²) in [5.74, 6) is -0.0243. The Balaban J connectivity index is 1.45. The molecule has 2 fully saturated rings. The first-order chi connectivity index (χ1) is 15.2. The molecule has 2 atom stereocenters. The summed E-state index contributed by atoms with van der Waals surface area (Å²) in [4.78, 5) is 30.7. The van der Waals surface area contributed by atoms with Crippen molar-refractivity contribution in [1.82, 2.24) is 24.8 Å². The zero-order valence-corrected chi connectivity index (χ0v) is 17.3. The third-order valence-electron chi connectivity index (χ3n) is 6.17. The number of carbonyl (C=O) groups is 1. The number of amides is 1. The van der Waals surface area contributed by atoms with Gasteiger partial charge >= 0.3 is 0 Å². The van der Waals surface area contributed by atoms with E-state index in [1.54, 1.807) is 24.8 Å². The van der Waals surface area contributed by atoms with Crippen molar-refractivity contribution in [3.63, 3.8) is 0 Å². The Morgan fingerprint density at radius 1 is 0.935 bits per heavy atom. The van der Waals surface area contributed by atoms with Crippen LogP contribution in [-0.4, -0.2) is 62.5 Å². The molecular weight excluding hydrogens is 390 g/mol. The van der Waals surface area contributed by atoms with E-state index in [0.717, 1.165) is 29.8 Å². The fraction of sp³-hybridized carbons (Fsp3) is 0.333. The number of likely N-dealkylation sites (tertiary alicyclic amines) is 1. The van der Waals surface area contributed by atoms with Crippen LogP contribution in [0.15, 0.2) is 73.6 Å². The normalized spacial score (nSPS) is 24.1. The van der Waals surface area contributed by atoms with Crippen molar-refractivity contribution >= 4 is 5.91 Å². The first kappa shape index (κ1) is 19.8. The van der Waals surface area contributed by atoms with E-state index in [-0.39, 0.29) is 11.8 Å². The third kappa shape index (κ3) is 3.94. The molecule has 5 rings (SSSR count). The number of rotatable bonds is 5. The molecule has 0 unspecified atom stereocenters. The molecule has 7 nitrogen and oxygen atoms in total. The highest BCUT2D eigenvalue weighted by Crippen LogP contribution is 2.42. The lowest BCUT2D eigenvalue weighted by Crippen LogP contribution is -2.59. The maximum atomic E-state index is 13.9. The Morgan fingerprint density at radius 3 is 2.48 bits per heavy atom. The average Bonchev–Trinajstić information content (AvgIpc) is 3.17. The van der Waals surface area contributed by atoms with E-state index in [0.29, 0.717) is 26.2 Å². The minimum atomic E-state index is -0.906. The molecule has 158 valence electrons. The van der Waals surface area contributed by atoms with Crippen LogP contribution >= 0.6 is 0 Å². The SMILES string of the molecule is O=C1N(Cc2ccncc2)CCO[C@@]12CN(Cc1cccnc1)C[C@@H]2c1cccnc1. The molecule has 0 saturated carbocycles. The van der Waals surface area contributed by atoms with Crippen molar-refractivity contribution in [2.75, 3.05) is 26.2 Å². The molecule has 2 aliphatic rings. The van der Waals surface area contributed by atoms with E-state index in [4.69, 9.17) is 4.74 Å². The van der Waals surface area contributed by atoms with Crippen molar-refractivity contribution in [3.8, 4) is 0 Å². The standard InChI is InChI=1S/C24H25N5O2/c30-23-24(31-12-11-29(23)16-19-5-9-25-10-6-19)18-28(15-20-3-1-7-26-13-20)17-22(24)21-4-2-8-27-14-21/h1-10,13-14,22H,11-12,15-18H2/t22-,24-/m1/s1. The van der Waals surface area contributed by atoms with Crippen LogP contribution in [0, 0.1) is 0 Å². The van der Waals surface area contributed by atoms with Crippen molar-refractivity contribution < 1.29 is 9.53 Å². The Bertz CT molecular complexity index is 1020. The minimum Gasteiger partial charge on any atom is -0.361 e. The molecule has 3 aromatic heterocycles. The minimum absolute atomic E-state index is 0.0538. The van der Waals surface area contributed by atoms with Crippen LogP contribution in [-0.2, 0) is 22.6 Å². The molecule has 5 heterocycles. The van der Waals surface area contributed by atoms with Gasteiger partial charge in [-0.25, -0.2) is 0 Å². The van der Waals surface area contributed by atoms with E-state index in [9.17, 15) is 4.79 Å². The third-order valence-corrected chi connectivity index (χ3v) is 6.17. The van der Waals surface area contributed by atoms with E-state index in [1.807, 2.05) is 47.6 Å². The summed E-state index contributed by atoms with van der Waals surface area (Å²) in [6.45, 7) is 3.68. The average molecular weight is 415 g/mol. The predicted molar refractivity (Wildman–Crippen MR) is 115 cm³/mol. The van der Waals surface area contributed by atoms with Crippen LogP contribution in [0.2, 0.25) is 0 Å². The lowest BCUT2D eigenvalue weighted by Gasteiger charge is -2.42. The topological polar surface area (TPSA) is 71.5 Å². The highest BCUT2D eigenvalue weighted by atomic mass is 16.5. The summed E-state index contributed by atoms with van der Waals surface area (Å²) >= 11 is 0. The molecule has 0 aliphatic carbocycles. The molecule has 1 amide bonds. The van der Waals surface area contributed by atoms with Crippen LogP contribution in [0.3, 0.4) is 0 Å². The van der Waals surface area contributed by atoms with E-state index in [1.165, 1.54) is 0 Å². The first-order valence-electron chi connectivity index (χ1n) is 10.6. The summed E-state index contributed by atoms with van der Waals surface area (Å²) in [7, 11) is 0. The summed E-state index contributed by atoms with van der Waals surface area (Å²) < 4.78 is 6.35. The zero-order chi connectivity index (χ0) is 21.1. The van der Waals surface area contributed by atoms with Gasteiger partial charge in [-0.1, -0.05) is 12.1 Å². The Kier molecular flexibility index (Phi) is 5.44. The molecule has 2 saturated heterocycles. The Morgan fingerprint density at radius 2 is 1.74 bits per heavy atom. The van der Waals surface area contributed by atoms with Gasteiger partial charge in [0.2, 0.25) is 0 Å². The monoisotopic (exact) mass is 415 g/mol. The van der Waals surface area contributed by atoms with Crippen molar-refractivity contribution in [2.24, 2.45) is 0 Å². The summed E-state index contributed by atoms with van der Waals surface area (Å²) in [6, 6.07) is 11.9. The predicted octanol–water partition coefficient (Wildman–Crippen LogP) is 2.27. The molecular formula is C24H25N5O2. The van der Waals surface area contributed by atoms with Gasteiger partial charge in [0.15, 0.2) is 5.60 Å². The van der Waals surface area contributed by atoms with E-state index < -0.39 is 5.60 Å². The van der Waals surface area contributed by atoms with Crippen LogP contribution in [0.1, 0.15) is 22.6 Å². The van der Waals surface area contributed by atoms with Gasteiger partial charge < -0.3 is 9.64 Å². The second kappa shape index (κ2) is 8.53. The van der Waals surface area contributed by atoms with Gasteiger partial charge in [-0.05, 0) is 41.0 Å². The second-order valence-corrected chi connectivity index (χ2v) is 8.19. The smallest absolute Gasteiger partial charge is 0.257 e. The van der Waals surface area contributed by atoms with Gasteiger partial charge in [0.25, 0.3) is 5.91 Å². The fourth-order valence-electron chi connectivity index (χ4n) is 4.73. The lowest BCUT2D eigenvalue weighted by atomic mass is 9.83. The summed E-state index contributed by atoms with van der Waals surface area (Å²) in [5, 5.41) is 0. The van der Waals surface area contributed by atoms with Crippen LogP contribution < -0.4 is 0 Å². The molecule has 31 heavy (non-hydrogen) atoms. The van der Waals surface area contributed by atoms with Gasteiger partial charge in [-0.3, -0.25) is 24.6 Å². The largest absolute Gasteiger partial charge is 0.361 e. The number of hydrogen-bond donors (Lipinski definition) is 0. The number of pyridine rings is 3. The zero-order valence-electron chi connectivity index (χ0n) is 17.3. The number of carbonyl (C=O) groups excluding carboxylic acids is 1. The number of hydrogen-bond acceptors (Lipinski definition) is 6. The molecule has 0 N–H and O–H groups in total. The first-order valence-corrected chi connectivity index (χ1v) is 10.6. The van der Waals surface area contributed by atoms with Crippen molar-refractivity contribution in [1.29, 1.82) is 0 Å². The summed E-state index contributed by atoms with van der Waals surface area (Å²) in [6.07, 6.45) is 10.8. The lowest BCUT2D eigenvalue weighted by molar-refractivity contribution is -0.173. The van der Waals surface area contributed by atoms with Crippen molar-refractivity contribution in [3.05, 3.63) is 90.3 Å². The van der Waals surface area contributed by atoms with Gasteiger partial charge in [0.05, 0.1) is 6.61 Å². The molecule has 1 spiro atoms. The van der Waals surface area contributed by atoms with E-state index >= 15 is 0 Å². The molecule has 0 radical (unpaired) electrons. The highest BCUT2D eigenvalue weighted by molar-refractivity contribution is 5.88. The molecule has 2 aliphatic heterocycles. The summed E-state index contributed by atoms with van der Waals surface area (Å²) in [5.41, 5.74) is 2.33. The highest BCUT2D eigenvalue weighted by Gasteiger charge is 2.56. The van der Waals surface area contributed by atoms with Gasteiger partial charge in [0.1, 0.15) is 0 Å². The molecule has 0 aromatic carbocycles. The maximum Gasteiger partial charge on any atom is 0.257 e.